The fourth-order valence-corrected chi connectivity index (χ4v) is 0.596. The Morgan fingerprint density at radius 2 is 1.53 bits per heavy atom. The van der Waals surface area contributed by atoms with Crippen molar-refractivity contribution in [2.75, 3.05) is 7.05 Å². The Hall–Kier alpha value is -1.59. The third kappa shape index (κ3) is 5.66. The van der Waals surface area contributed by atoms with Gasteiger partial charge in [0, 0.05) is 14.0 Å². The first-order valence-corrected chi connectivity index (χ1v) is 4.32. The number of hydrogen-bond acceptors (Lipinski definition) is 5. The van der Waals surface area contributed by atoms with E-state index in [1.807, 2.05) is 0 Å². The topological polar surface area (TPSA) is 72.9 Å². The lowest BCUT2D eigenvalue weighted by molar-refractivity contribution is -0.135. The Balaban J connectivity index is 4.32. The maximum Gasteiger partial charge on any atom is 0.426 e. The van der Waals surface area contributed by atoms with Crippen LogP contribution in [0.1, 0.15) is 27.7 Å². The number of esters is 1. The molecule has 0 saturated carbocycles. The van der Waals surface area contributed by atoms with Gasteiger partial charge < -0.3 is 9.47 Å². The molecule has 15 heavy (non-hydrogen) atoms. The zero-order chi connectivity index (χ0) is 12.2. The van der Waals surface area contributed by atoms with E-state index >= 15 is 0 Å². The van der Waals surface area contributed by atoms with E-state index < -0.39 is 23.8 Å². The average Bonchev–Trinajstić information content (AvgIpc) is 1.98. The van der Waals surface area contributed by atoms with Crippen LogP contribution in [0.3, 0.4) is 0 Å². The predicted molar refractivity (Wildman–Crippen MR) is 51.2 cm³/mol. The first-order chi connectivity index (χ1) is 6.63. The van der Waals surface area contributed by atoms with Gasteiger partial charge in [-0.1, -0.05) is 0 Å². The highest BCUT2D eigenvalue weighted by Crippen LogP contribution is 2.09. The van der Waals surface area contributed by atoms with Gasteiger partial charge in [-0.2, -0.15) is 0 Å². The molecule has 0 saturated heterocycles. The van der Waals surface area contributed by atoms with Crippen molar-refractivity contribution in [1.29, 1.82) is 0 Å². The summed E-state index contributed by atoms with van der Waals surface area (Å²) in [5.74, 6) is -0.782. The number of nitrogens with zero attached hydrogens (tertiary/aromatic N) is 1. The number of ether oxygens (including phenoxy) is 2. The van der Waals surface area contributed by atoms with Crippen molar-refractivity contribution in [2.45, 2.75) is 33.3 Å². The maximum atomic E-state index is 11.3. The summed E-state index contributed by atoms with van der Waals surface area (Å²) in [4.78, 5) is 33.4. The molecule has 0 aliphatic heterocycles. The lowest BCUT2D eigenvalue weighted by Crippen LogP contribution is -2.38. The summed E-state index contributed by atoms with van der Waals surface area (Å²) < 4.78 is 9.07. The van der Waals surface area contributed by atoms with Crippen molar-refractivity contribution in [3.05, 3.63) is 0 Å². The molecule has 0 N–H and O–H groups in total. The maximum absolute atomic E-state index is 11.3. The van der Waals surface area contributed by atoms with Gasteiger partial charge in [-0.3, -0.25) is 4.79 Å². The van der Waals surface area contributed by atoms with Gasteiger partial charge in [-0.25, -0.2) is 14.5 Å². The Kier molecular flexibility index (Phi) is 4.26. The molecular formula is C9H15NO5. The molecule has 0 atom stereocenters. The monoisotopic (exact) mass is 217 g/mol. The Morgan fingerprint density at radius 3 is 1.87 bits per heavy atom. The summed E-state index contributed by atoms with van der Waals surface area (Å²) in [6.45, 7) is 6.06. The van der Waals surface area contributed by atoms with Crippen LogP contribution >= 0.6 is 0 Å². The minimum atomic E-state index is -1.06. The van der Waals surface area contributed by atoms with E-state index in [1.54, 1.807) is 20.8 Å². The first kappa shape index (κ1) is 13.4. The van der Waals surface area contributed by atoms with Gasteiger partial charge in [-0.15, -0.1) is 0 Å². The van der Waals surface area contributed by atoms with Gasteiger partial charge in [0.2, 0.25) is 0 Å². The highest BCUT2D eigenvalue weighted by molar-refractivity contribution is 5.92. The van der Waals surface area contributed by atoms with Crippen LogP contribution < -0.4 is 0 Å². The molecule has 0 aliphatic carbocycles. The lowest BCUT2D eigenvalue weighted by atomic mass is 10.2. The van der Waals surface area contributed by atoms with Crippen LogP contribution in [0, 0.1) is 0 Å². The van der Waals surface area contributed by atoms with Crippen LogP contribution in [-0.4, -0.2) is 35.7 Å². The molecule has 0 aromatic carbocycles. The molecule has 0 fully saturated rings. The predicted octanol–water partition coefficient (Wildman–Crippen LogP) is 1.54. The lowest BCUT2D eigenvalue weighted by Gasteiger charge is -2.22. The van der Waals surface area contributed by atoms with Gasteiger partial charge in [0.25, 0.3) is 0 Å². The molecule has 86 valence electrons. The van der Waals surface area contributed by atoms with Gasteiger partial charge in [-0.05, 0) is 20.8 Å². The van der Waals surface area contributed by atoms with Crippen molar-refractivity contribution in [3.63, 3.8) is 0 Å². The van der Waals surface area contributed by atoms with E-state index in [0.717, 1.165) is 6.92 Å². The highest BCUT2D eigenvalue weighted by atomic mass is 16.6. The second-order valence-corrected chi connectivity index (χ2v) is 3.90. The van der Waals surface area contributed by atoms with Crippen molar-refractivity contribution in [3.8, 4) is 0 Å². The Labute approximate surface area is 88.1 Å². The quantitative estimate of drug-likeness (QED) is 0.454. The van der Waals surface area contributed by atoms with Gasteiger partial charge in [0.1, 0.15) is 5.60 Å². The molecule has 6 heteroatoms. The zero-order valence-corrected chi connectivity index (χ0v) is 9.49. The van der Waals surface area contributed by atoms with Crippen molar-refractivity contribution >= 4 is 18.2 Å². The summed E-state index contributed by atoms with van der Waals surface area (Å²) in [6.07, 6.45) is -1.93. The smallest absolute Gasteiger partial charge is 0.426 e. The van der Waals surface area contributed by atoms with Crippen LogP contribution in [-0.2, 0) is 14.3 Å². The summed E-state index contributed by atoms with van der Waals surface area (Å²) in [6, 6.07) is 0. The molecule has 2 amide bonds. The van der Waals surface area contributed by atoms with Gasteiger partial charge in [0.05, 0.1) is 0 Å². The van der Waals surface area contributed by atoms with E-state index in [-0.39, 0.29) is 0 Å². The number of hydrogen-bond donors (Lipinski definition) is 0. The molecule has 0 aliphatic rings. The van der Waals surface area contributed by atoms with E-state index in [4.69, 9.17) is 4.74 Å². The SMILES string of the molecule is CC(=O)OC(=O)N(C)C(=O)OC(C)(C)C. The molecule has 0 heterocycles. The molecule has 0 aromatic heterocycles. The first-order valence-electron chi connectivity index (χ1n) is 4.32. The summed E-state index contributed by atoms with van der Waals surface area (Å²) >= 11 is 0. The number of imide groups is 1. The van der Waals surface area contributed by atoms with Crippen LogP contribution in [0.2, 0.25) is 0 Å². The van der Waals surface area contributed by atoms with Crippen LogP contribution in [0.15, 0.2) is 0 Å². The highest BCUT2D eigenvalue weighted by Gasteiger charge is 2.25. The number of amides is 2. The Morgan fingerprint density at radius 1 is 1.07 bits per heavy atom. The van der Waals surface area contributed by atoms with Crippen molar-refractivity contribution in [1.82, 2.24) is 4.90 Å². The van der Waals surface area contributed by atoms with Crippen molar-refractivity contribution in [2.24, 2.45) is 0 Å². The zero-order valence-electron chi connectivity index (χ0n) is 9.49. The molecule has 0 bridgehead atoms. The standard InChI is InChI=1S/C9H15NO5/c1-6(11)14-7(12)10(5)8(13)15-9(2,3)4/h1-5H3. The van der Waals surface area contributed by atoms with Crippen LogP contribution in [0.4, 0.5) is 9.59 Å². The van der Waals surface area contributed by atoms with E-state index in [0.29, 0.717) is 4.90 Å². The molecule has 0 unspecified atom stereocenters. The van der Waals surface area contributed by atoms with Crippen LogP contribution in [0.5, 0.6) is 0 Å². The minimum Gasteiger partial charge on any atom is -0.443 e. The fourth-order valence-electron chi connectivity index (χ4n) is 0.596. The van der Waals surface area contributed by atoms with Crippen molar-refractivity contribution < 1.29 is 23.9 Å². The molecule has 0 aromatic rings. The largest absolute Gasteiger partial charge is 0.443 e. The molecule has 0 spiro atoms. The summed E-state index contributed by atoms with van der Waals surface area (Å²) in [5, 5.41) is 0. The second kappa shape index (κ2) is 4.77. The molecule has 6 nitrogen and oxygen atoms in total. The average molecular weight is 217 g/mol. The van der Waals surface area contributed by atoms with E-state index in [9.17, 15) is 14.4 Å². The van der Waals surface area contributed by atoms with E-state index in [1.165, 1.54) is 7.05 Å². The third-order valence-electron chi connectivity index (χ3n) is 1.17. The normalized spacial score (nSPS) is 10.5. The fraction of sp³-hybridized carbons (Fsp3) is 0.667. The second-order valence-electron chi connectivity index (χ2n) is 3.90. The third-order valence-corrected chi connectivity index (χ3v) is 1.17. The minimum absolute atomic E-state index is 0.590. The number of carbonyl (C=O) groups is 3. The molecule has 0 radical (unpaired) electrons. The summed E-state index contributed by atoms with van der Waals surface area (Å²) in [5.41, 5.74) is -0.707. The molecular weight excluding hydrogens is 202 g/mol. The Bertz CT molecular complexity index is 279. The number of carbonyl (C=O) groups excluding carboxylic acids is 3. The van der Waals surface area contributed by atoms with Gasteiger partial charge >= 0.3 is 18.2 Å². The summed E-state index contributed by atoms with van der Waals surface area (Å²) in [7, 11) is 1.17. The molecule has 0 rings (SSSR count). The van der Waals surface area contributed by atoms with Crippen LogP contribution in [0.25, 0.3) is 0 Å². The number of rotatable bonds is 0. The van der Waals surface area contributed by atoms with Gasteiger partial charge in [0.15, 0.2) is 0 Å². The van der Waals surface area contributed by atoms with E-state index in [2.05, 4.69) is 4.74 Å².